The van der Waals surface area contributed by atoms with Crippen LogP contribution in [0.3, 0.4) is 0 Å². The Labute approximate surface area is 511 Å². The number of anilines is 6. The maximum Gasteiger partial charge on any atom is 0.0468 e. The first-order valence-corrected chi connectivity index (χ1v) is 31.7. The highest BCUT2D eigenvalue weighted by Crippen LogP contribution is 2.57. The van der Waals surface area contributed by atoms with Gasteiger partial charge in [-0.3, -0.25) is 0 Å². The summed E-state index contributed by atoms with van der Waals surface area (Å²) in [7, 11) is -0.712. The van der Waals surface area contributed by atoms with Gasteiger partial charge in [-0.15, -0.1) is 0 Å². The Kier molecular flexibility index (Phi) is 12.5. The van der Waals surface area contributed by atoms with Crippen molar-refractivity contribution in [3.63, 3.8) is 0 Å². The van der Waals surface area contributed by atoms with Crippen LogP contribution in [0.25, 0.3) is 94.4 Å². The van der Waals surface area contributed by atoms with E-state index in [0.29, 0.717) is 0 Å². The zero-order chi connectivity index (χ0) is 58.4. The van der Waals surface area contributed by atoms with E-state index in [4.69, 9.17) is 0 Å². The highest BCUT2D eigenvalue weighted by Gasteiger charge is 2.38. The molecule has 0 spiro atoms. The van der Waals surface area contributed by atoms with E-state index < -0.39 is 7.53 Å². The molecule has 0 aliphatic heterocycles. The number of rotatable bonds is 11. The number of hydrogen-bond donors (Lipinski definition) is 0. The van der Waals surface area contributed by atoms with E-state index in [9.17, 15) is 0 Å². The minimum atomic E-state index is -0.712. The van der Waals surface area contributed by atoms with E-state index in [1.807, 2.05) is 0 Å². The van der Waals surface area contributed by atoms with Crippen molar-refractivity contribution >= 4 is 109 Å². The van der Waals surface area contributed by atoms with E-state index in [2.05, 4.69) is 347 Å². The molecule has 3 heteroatoms. The maximum absolute atomic E-state index is 2.43. The average molecular weight is 1130 g/mol. The molecule has 0 unspecified atom stereocenters. The summed E-state index contributed by atoms with van der Waals surface area (Å²) in [4.78, 5) is 4.79. The van der Waals surface area contributed by atoms with Crippen LogP contribution < -0.4 is 9.80 Å². The second-order valence-corrected chi connectivity index (χ2v) is 26.8. The average Bonchev–Trinajstić information content (AvgIpc) is 1.65. The summed E-state index contributed by atoms with van der Waals surface area (Å²) in [5.41, 5.74) is 21.9. The van der Waals surface area contributed by atoms with Crippen molar-refractivity contribution in [2.75, 3.05) is 9.80 Å². The minimum absolute atomic E-state index is 0.201. The molecule has 1 heterocycles. The quantitative estimate of drug-likeness (QED) is 0.119. The third-order valence-electron chi connectivity index (χ3n) is 18.7. The predicted molar refractivity (Wildman–Crippen MR) is 376 cm³/mol. The smallest absolute Gasteiger partial charge is 0.0468 e. The lowest BCUT2D eigenvalue weighted by Crippen LogP contribution is -2.16. The van der Waals surface area contributed by atoms with E-state index in [1.165, 1.54) is 115 Å². The van der Waals surface area contributed by atoms with Gasteiger partial charge in [-0.1, -0.05) is 248 Å². The van der Waals surface area contributed by atoms with Gasteiger partial charge in [-0.2, -0.15) is 0 Å². The normalized spacial score (nSPS) is 13.6. The van der Waals surface area contributed by atoms with Crippen molar-refractivity contribution in [3.8, 4) is 27.6 Å². The van der Waals surface area contributed by atoms with Gasteiger partial charge in [0.15, 0.2) is 0 Å². The lowest BCUT2D eigenvalue weighted by Gasteiger charge is -2.28. The number of nitrogens with zero attached hydrogens (tertiary/aromatic N) is 2. The van der Waals surface area contributed by atoms with Crippen LogP contribution in [0.2, 0.25) is 0 Å². The molecule has 0 fully saturated rings. The summed E-state index contributed by atoms with van der Waals surface area (Å²) >= 11 is 0. The molecule has 2 nitrogen and oxygen atoms in total. The van der Waals surface area contributed by atoms with E-state index in [0.717, 1.165) is 34.1 Å². The molecule has 0 N–H and O–H groups in total. The lowest BCUT2D eigenvalue weighted by molar-refractivity contribution is 0.660. The van der Waals surface area contributed by atoms with Gasteiger partial charge in [0, 0.05) is 55.2 Å². The molecule has 0 saturated heterocycles. The summed E-state index contributed by atoms with van der Waals surface area (Å²) in [6.07, 6.45) is 9.22. The van der Waals surface area contributed by atoms with Gasteiger partial charge < -0.3 is 9.80 Å². The second-order valence-electron chi connectivity index (χ2n) is 24.6. The molecule has 2 aliphatic rings. The first kappa shape index (κ1) is 52.3. The maximum atomic E-state index is 2.43. The molecule has 13 aromatic carbocycles. The van der Waals surface area contributed by atoms with Crippen LogP contribution in [0.15, 0.2) is 285 Å². The summed E-state index contributed by atoms with van der Waals surface area (Å²) in [5.74, 6) is 0. The Hall–Kier alpha value is -10.2. The fourth-order valence-corrected chi connectivity index (χ4v) is 16.7. The van der Waals surface area contributed by atoms with Crippen molar-refractivity contribution in [1.29, 1.82) is 0 Å². The SMILES string of the molecule is CC1(C)c2cc(/C=C/c3ccc4c(c3)c3cc(/C=C/c5ccc6c(c5)C(C)(C)c5cc(N(c7ccccc7)c7ccc8ccccc8c7)ccc5-6)ccc3p4-c3ccccc3)ccc2-c2ccc(N(c3ccccc3)c3ccc4ccccc4c3)cc21. The molecule has 1 aromatic heterocycles. The summed E-state index contributed by atoms with van der Waals surface area (Å²) < 4.78 is 0. The molecule has 0 amide bonds. The van der Waals surface area contributed by atoms with E-state index >= 15 is 0 Å². The minimum Gasteiger partial charge on any atom is -0.310 e. The van der Waals surface area contributed by atoms with Gasteiger partial charge in [-0.05, 0) is 201 Å². The van der Waals surface area contributed by atoms with E-state index in [1.54, 1.807) is 0 Å². The Morgan fingerprint density at radius 2 is 0.586 bits per heavy atom. The molecule has 16 rings (SSSR count). The van der Waals surface area contributed by atoms with Crippen LogP contribution in [-0.2, 0) is 10.8 Å². The van der Waals surface area contributed by atoms with Crippen molar-refractivity contribution in [2.24, 2.45) is 0 Å². The number of hydrogen-bond acceptors (Lipinski definition) is 2. The topological polar surface area (TPSA) is 6.48 Å². The molecule has 2 aliphatic carbocycles. The zero-order valence-corrected chi connectivity index (χ0v) is 50.2. The predicted octanol–water partition coefficient (Wildman–Crippen LogP) is 24.2. The van der Waals surface area contributed by atoms with Crippen LogP contribution in [0.4, 0.5) is 34.1 Å². The summed E-state index contributed by atoms with van der Waals surface area (Å²) in [5, 5.41) is 11.8. The number of benzene rings is 13. The van der Waals surface area contributed by atoms with Crippen molar-refractivity contribution in [2.45, 2.75) is 38.5 Å². The third-order valence-corrected chi connectivity index (χ3v) is 21.2. The standard InChI is InChI=1S/C84H63N2P/c1-83(2)77-50-58(32-42-71(77)73-44-40-68(54-79(73)83)85(64-22-8-5-9-23-64)66-38-36-60-18-14-16-20-62(60)52-66)30-28-56-34-46-81-75(48-56)76-49-57(35-47-82(76)87(81)70-26-12-7-13-27-70)29-31-59-33-43-72-74-45-41-69(55-80(74)84(3,4)78(72)51-59)86(65-24-10-6-11-25-65)67-39-37-61-19-15-17-21-63(61)53-67/h5-55H,1-4H3/b30-28+,31-29+. The van der Waals surface area contributed by atoms with Crippen LogP contribution in [0, 0.1) is 0 Å². The Morgan fingerprint density at radius 3 is 1.01 bits per heavy atom. The highest BCUT2D eigenvalue weighted by atomic mass is 31.1. The zero-order valence-electron chi connectivity index (χ0n) is 49.3. The number of para-hydroxylation sites is 2. The summed E-state index contributed by atoms with van der Waals surface area (Å²) in [6, 6.07) is 106. The van der Waals surface area contributed by atoms with Gasteiger partial charge in [-0.25, -0.2) is 0 Å². The third kappa shape index (κ3) is 9.02. The molecule has 0 saturated carbocycles. The first-order chi connectivity index (χ1) is 42.6. The molecule has 87 heavy (non-hydrogen) atoms. The van der Waals surface area contributed by atoms with Crippen molar-refractivity contribution in [1.82, 2.24) is 0 Å². The molecule has 14 aromatic rings. The summed E-state index contributed by atoms with van der Waals surface area (Å²) in [6.45, 7) is 9.55. The van der Waals surface area contributed by atoms with Crippen molar-refractivity contribution < 1.29 is 0 Å². The van der Waals surface area contributed by atoms with Gasteiger partial charge in [0.25, 0.3) is 0 Å². The number of fused-ring (bicyclic) bond motifs is 11. The van der Waals surface area contributed by atoms with Gasteiger partial charge in [0.2, 0.25) is 0 Å². The van der Waals surface area contributed by atoms with Crippen molar-refractivity contribution in [3.05, 3.63) is 330 Å². The Balaban J connectivity index is 0.696. The highest BCUT2D eigenvalue weighted by molar-refractivity contribution is 7.67. The van der Waals surface area contributed by atoms with E-state index in [-0.39, 0.29) is 10.8 Å². The molecular weight excluding hydrogens is 1070 g/mol. The fourth-order valence-electron chi connectivity index (χ4n) is 14.2. The Bertz CT molecular complexity index is 4800. The van der Waals surface area contributed by atoms with Crippen LogP contribution >= 0.6 is 7.53 Å². The molecule has 0 radical (unpaired) electrons. The van der Waals surface area contributed by atoms with Gasteiger partial charge >= 0.3 is 0 Å². The molecule has 0 atom stereocenters. The lowest BCUT2D eigenvalue weighted by atomic mass is 9.81. The molecule has 414 valence electrons. The molecular formula is C84H63N2P. The largest absolute Gasteiger partial charge is 0.310 e. The first-order valence-electron chi connectivity index (χ1n) is 30.4. The van der Waals surface area contributed by atoms with Gasteiger partial charge in [0.1, 0.15) is 0 Å². The monoisotopic (exact) mass is 1130 g/mol. The van der Waals surface area contributed by atoms with Crippen LogP contribution in [0.1, 0.15) is 72.2 Å². The van der Waals surface area contributed by atoms with Crippen LogP contribution in [0.5, 0.6) is 0 Å². The van der Waals surface area contributed by atoms with Crippen LogP contribution in [-0.4, -0.2) is 0 Å². The van der Waals surface area contributed by atoms with Gasteiger partial charge in [0.05, 0.1) is 0 Å². The fraction of sp³-hybridized carbons (Fsp3) is 0.0714. The second kappa shape index (κ2) is 20.8. The Morgan fingerprint density at radius 1 is 0.264 bits per heavy atom. The molecule has 0 bridgehead atoms.